The molecule has 0 aromatic carbocycles. The van der Waals surface area contributed by atoms with Crippen molar-refractivity contribution in [2.45, 2.75) is 31.7 Å². The molecule has 0 unspecified atom stereocenters. The molecule has 1 aromatic heterocycles. The van der Waals surface area contributed by atoms with Gasteiger partial charge in [0, 0.05) is 17.9 Å². The smallest absolute Gasteiger partial charge is 0.404 e. The highest BCUT2D eigenvalue weighted by atomic mass is 79.9. The van der Waals surface area contributed by atoms with Crippen molar-refractivity contribution in [1.29, 1.82) is 0 Å². The molecule has 1 fully saturated rings. The van der Waals surface area contributed by atoms with Crippen LogP contribution in [0.15, 0.2) is 18.3 Å². The van der Waals surface area contributed by atoms with E-state index in [0.29, 0.717) is 11.9 Å². The molecular weight excluding hydrogens is 325 g/mol. The third-order valence-electron chi connectivity index (χ3n) is 3.09. The van der Waals surface area contributed by atoms with Gasteiger partial charge in [0.15, 0.2) is 0 Å². The first-order valence-electron chi connectivity index (χ1n) is 6.04. The van der Waals surface area contributed by atoms with Crippen LogP contribution in [0, 0.1) is 0 Å². The van der Waals surface area contributed by atoms with Crippen molar-refractivity contribution in [3.05, 3.63) is 18.3 Å². The number of nitrogens with zero attached hydrogens (tertiary/aromatic N) is 2. The number of hydrogen-bond donors (Lipinski definition) is 0. The van der Waals surface area contributed by atoms with E-state index in [9.17, 15) is 13.2 Å². The Morgan fingerprint density at radius 3 is 2.53 bits per heavy atom. The largest absolute Gasteiger partial charge is 0.573 e. The first kappa shape index (κ1) is 14.4. The van der Waals surface area contributed by atoms with Crippen molar-refractivity contribution in [3.63, 3.8) is 0 Å². The number of halogens is 4. The van der Waals surface area contributed by atoms with Crippen LogP contribution < -0.4 is 9.64 Å². The molecule has 106 valence electrons. The molecule has 7 heteroatoms. The molecule has 0 amide bonds. The van der Waals surface area contributed by atoms with Crippen LogP contribution in [0.25, 0.3) is 0 Å². The molecule has 1 aliphatic rings. The van der Waals surface area contributed by atoms with Crippen LogP contribution in [0.2, 0.25) is 0 Å². The van der Waals surface area contributed by atoms with Gasteiger partial charge in [-0.1, -0.05) is 15.9 Å². The summed E-state index contributed by atoms with van der Waals surface area (Å²) < 4.78 is 39.9. The molecule has 0 bridgehead atoms. The zero-order valence-corrected chi connectivity index (χ0v) is 11.7. The lowest BCUT2D eigenvalue weighted by atomic mass is 9.91. The van der Waals surface area contributed by atoms with Crippen LogP contribution >= 0.6 is 15.9 Å². The van der Waals surface area contributed by atoms with E-state index in [-0.39, 0.29) is 5.75 Å². The lowest BCUT2D eigenvalue weighted by Crippen LogP contribution is -2.41. The van der Waals surface area contributed by atoms with E-state index in [1.54, 1.807) is 6.07 Å². The molecule has 0 atom stereocenters. The van der Waals surface area contributed by atoms with E-state index in [1.807, 2.05) is 0 Å². The number of pyridine rings is 1. The molecule has 0 saturated heterocycles. The summed E-state index contributed by atoms with van der Waals surface area (Å²) in [5.41, 5.74) is 0. The standard InChI is InChI=1S/C12H14BrF3N2O/c13-6-7-18(9-2-1-3-9)11-5-4-10(8-17-11)19-12(14,15)16/h4-5,8-9H,1-3,6-7H2. The predicted molar refractivity (Wildman–Crippen MR) is 69.7 cm³/mol. The van der Waals surface area contributed by atoms with Gasteiger partial charge in [0.1, 0.15) is 11.6 Å². The maximum absolute atomic E-state index is 12.0. The van der Waals surface area contributed by atoms with Gasteiger partial charge in [-0.05, 0) is 31.4 Å². The summed E-state index contributed by atoms with van der Waals surface area (Å²) in [4.78, 5) is 6.19. The molecule has 0 radical (unpaired) electrons. The zero-order chi connectivity index (χ0) is 13.9. The average Bonchev–Trinajstić information content (AvgIpc) is 2.25. The molecule has 1 saturated carbocycles. The van der Waals surface area contributed by atoms with Gasteiger partial charge in [-0.2, -0.15) is 0 Å². The maximum atomic E-state index is 12.0. The zero-order valence-electron chi connectivity index (χ0n) is 10.2. The average molecular weight is 339 g/mol. The van der Waals surface area contributed by atoms with Gasteiger partial charge in [0.25, 0.3) is 0 Å². The number of ether oxygens (including phenoxy) is 1. The Kier molecular flexibility index (Phi) is 4.54. The Bertz CT molecular complexity index is 406. The first-order chi connectivity index (χ1) is 8.99. The van der Waals surface area contributed by atoms with E-state index in [0.717, 1.165) is 30.9 Å². The lowest BCUT2D eigenvalue weighted by molar-refractivity contribution is -0.274. The summed E-state index contributed by atoms with van der Waals surface area (Å²) >= 11 is 3.38. The molecule has 0 N–H and O–H groups in total. The second-order valence-electron chi connectivity index (χ2n) is 4.37. The quantitative estimate of drug-likeness (QED) is 0.765. The normalized spacial score (nSPS) is 16.0. The van der Waals surface area contributed by atoms with E-state index >= 15 is 0 Å². The SMILES string of the molecule is FC(F)(F)Oc1ccc(N(CCBr)C2CCC2)nc1. The molecule has 1 heterocycles. The van der Waals surface area contributed by atoms with Crippen LogP contribution in [0.5, 0.6) is 5.75 Å². The van der Waals surface area contributed by atoms with Crippen molar-refractivity contribution in [3.8, 4) is 5.75 Å². The molecule has 19 heavy (non-hydrogen) atoms. The molecule has 2 rings (SSSR count). The minimum Gasteiger partial charge on any atom is -0.404 e. The highest BCUT2D eigenvalue weighted by Gasteiger charge is 2.31. The van der Waals surface area contributed by atoms with Crippen LogP contribution in [-0.2, 0) is 0 Å². The van der Waals surface area contributed by atoms with E-state index in [2.05, 4.69) is 30.6 Å². The van der Waals surface area contributed by atoms with Crippen LogP contribution in [-0.4, -0.2) is 29.3 Å². The monoisotopic (exact) mass is 338 g/mol. The van der Waals surface area contributed by atoms with Crippen molar-refractivity contribution in [2.75, 3.05) is 16.8 Å². The fourth-order valence-corrected chi connectivity index (χ4v) is 2.39. The highest BCUT2D eigenvalue weighted by molar-refractivity contribution is 9.09. The summed E-state index contributed by atoms with van der Waals surface area (Å²) in [6.07, 6.45) is -0.154. The van der Waals surface area contributed by atoms with Crippen molar-refractivity contribution >= 4 is 21.7 Å². The lowest BCUT2D eigenvalue weighted by Gasteiger charge is -2.38. The summed E-state index contributed by atoms with van der Waals surface area (Å²) in [6, 6.07) is 3.32. The van der Waals surface area contributed by atoms with Gasteiger partial charge < -0.3 is 9.64 Å². The summed E-state index contributed by atoms with van der Waals surface area (Å²) in [7, 11) is 0. The summed E-state index contributed by atoms with van der Waals surface area (Å²) in [6.45, 7) is 0.789. The fraction of sp³-hybridized carbons (Fsp3) is 0.583. The van der Waals surface area contributed by atoms with Crippen molar-refractivity contribution in [1.82, 2.24) is 4.98 Å². The van der Waals surface area contributed by atoms with Gasteiger partial charge >= 0.3 is 6.36 Å². The van der Waals surface area contributed by atoms with E-state index in [1.165, 1.54) is 12.5 Å². The number of alkyl halides is 4. The summed E-state index contributed by atoms with van der Waals surface area (Å²) in [5.74, 6) is 0.405. The second kappa shape index (κ2) is 5.98. The molecule has 1 aliphatic carbocycles. The van der Waals surface area contributed by atoms with Gasteiger partial charge in [0.2, 0.25) is 0 Å². The van der Waals surface area contributed by atoms with Crippen molar-refractivity contribution in [2.24, 2.45) is 0 Å². The van der Waals surface area contributed by atoms with Gasteiger partial charge in [0.05, 0.1) is 6.20 Å². The van der Waals surface area contributed by atoms with E-state index in [4.69, 9.17) is 0 Å². The molecular formula is C12H14BrF3N2O. The topological polar surface area (TPSA) is 25.4 Å². The Hall–Kier alpha value is -0.980. The Labute approximate surface area is 117 Å². The second-order valence-corrected chi connectivity index (χ2v) is 5.16. The van der Waals surface area contributed by atoms with Gasteiger partial charge in [-0.15, -0.1) is 13.2 Å². The van der Waals surface area contributed by atoms with E-state index < -0.39 is 6.36 Å². The fourth-order valence-electron chi connectivity index (χ4n) is 2.01. The molecule has 0 aliphatic heterocycles. The Balaban J connectivity index is 2.06. The molecule has 1 aromatic rings. The minimum atomic E-state index is -4.67. The Morgan fingerprint density at radius 1 is 1.37 bits per heavy atom. The third kappa shape index (κ3) is 3.99. The summed E-state index contributed by atoms with van der Waals surface area (Å²) in [5, 5.41) is 0.798. The number of rotatable bonds is 5. The van der Waals surface area contributed by atoms with Gasteiger partial charge in [-0.25, -0.2) is 4.98 Å². The van der Waals surface area contributed by atoms with Crippen LogP contribution in [0.3, 0.4) is 0 Å². The van der Waals surface area contributed by atoms with Crippen LogP contribution in [0.4, 0.5) is 19.0 Å². The Morgan fingerprint density at radius 2 is 2.11 bits per heavy atom. The number of anilines is 1. The predicted octanol–water partition coefficient (Wildman–Crippen LogP) is 3.73. The molecule has 0 spiro atoms. The van der Waals surface area contributed by atoms with Crippen LogP contribution in [0.1, 0.15) is 19.3 Å². The number of hydrogen-bond acceptors (Lipinski definition) is 3. The number of aromatic nitrogens is 1. The minimum absolute atomic E-state index is 0.288. The third-order valence-corrected chi connectivity index (χ3v) is 3.44. The first-order valence-corrected chi connectivity index (χ1v) is 7.16. The van der Waals surface area contributed by atoms with Gasteiger partial charge in [-0.3, -0.25) is 0 Å². The maximum Gasteiger partial charge on any atom is 0.573 e. The van der Waals surface area contributed by atoms with Crippen molar-refractivity contribution < 1.29 is 17.9 Å². The molecule has 3 nitrogen and oxygen atoms in total. The highest BCUT2D eigenvalue weighted by Crippen LogP contribution is 2.30.